The van der Waals surface area contributed by atoms with Crippen LogP contribution in [0, 0.1) is 0 Å². The van der Waals surface area contributed by atoms with E-state index in [0.29, 0.717) is 11.1 Å². The van der Waals surface area contributed by atoms with E-state index in [-0.39, 0.29) is 16.1 Å². The Balaban J connectivity index is 2.29. The van der Waals surface area contributed by atoms with Gasteiger partial charge in [-0.15, -0.1) is 0 Å². The molecule has 0 saturated carbocycles. The van der Waals surface area contributed by atoms with Gasteiger partial charge in [0.25, 0.3) is 0 Å². The molecule has 0 saturated heterocycles. The van der Waals surface area contributed by atoms with Gasteiger partial charge in [0.05, 0.1) is 11.5 Å². The standard InChI is InChI=1S/C16H9ClO4/c17-13-6-5-10(15(18)19)8-11(13)12-7-9-3-1-2-4-14(9)21-16(12)20/h1-8H,(H,18,19)/p-1. The van der Waals surface area contributed by atoms with Crippen LogP contribution in [0.15, 0.2) is 57.7 Å². The van der Waals surface area contributed by atoms with Crippen LogP contribution in [0.1, 0.15) is 10.4 Å². The quantitative estimate of drug-likeness (QED) is 0.682. The molecule has 0 atom stereocenters. The molecule has 1 aromatic heterocycles. The van der Waals surface area contributed by atoms with Crippen molar-refractivity contribution >= 4 is 28.5 Å². The molecular formula is C16H8ClO4-. The average molecular weight is 300 g/mol. The minimum absolute atomic E-state index is 0.0537. The van der Waals surface area contributed by atoms with Gasteiger partial charge in [0.15, 0.2) is 0 Å². The van der Waals surface area contributed by atoms with E-state index in [2.05, 4.69) is 0 Å². The summed E-state index contributed by atoms with van der Waals surface area (Å²) in [6.07, 6.45) is 0. The van der Waals surface area contributed by atoms with Gasteiger partial charge in [0.1, 0.15) is 5.58 Å². The van der Waals surface area contributed by atoms with E-state index in [1.807, 2.05) is 6.07 Å². The fourth-order valence-corrected chi connectivity index (χ4v) is 2.33. The van der Waals surface area contributed by atoms with Gasteiger partial charge in [0, 0.05) is 16.0 Å². The van der Waals surface area contributed by atoms with E-state index >= 15 is 0 Å². The molecule has 0 radical (unpaired) electrons. The predicted octanol–water partition coefficient (Wildman–Crippen LogP) is 2.48. The zero-order valence-electron chi connectivity index (χ0n) is 10.6. The van der Waals surface area contributed by atoms with E-state index in [9.17, 15) is 14.7 Å². The summed E-state index contributed by atoms with van der Waals surface area (Å²) < 4.78 is 5.23. The number of benzene rings is 2. The summed E-state index contributed by atoms with van der Waals surface area (Å²) in [6, 6.07) is 12.7. The monoisotopic (exact) mass is 299 g/mol. The highest BCUT2D eigenvalue weighted by molar-refractivity contribution is 6.33. The maximum Gasteiger partial charge on any atom is 0.344 e. The molecule has 0 aliphatic rings. The summed E-state index contributed by atoms with van der Waals surface area (Å²) in [5.41, 5.74) is 0.339. The molecule has 104 valence electrons. The molecule has 1 heterocycles. The molecule has 21 heavy (non-hydrogen) atoms. The Kier molecular flexibility index (Phi) is 3.23. The highest BCUT2D eigenvalue weighted by Crippen LogP contribution is 2.28. The maximum absolute atomic E-state index is 12.1. The number of para-hydroxylation sites is 1. The minimum Gasteiger partial charge on any atom is -0.545 e. The number of aromatic carboxylic acids is 1. The number of halogens is 1. The van der Waals surface area contributed by atoms with Gasteiger partial charge in [-0.25, -0.2) is 4.79 Å². The van der Waals surface area contributed by atoms with Crippen LogP contribution in [0.25, 0.3) is 22.1 Å². The fraction of sp³-hybridized carbons (Fsp3) is 0. The summed E-state index contributed by atoms with van der Waals surface area (Å²) in [4.78, 5) is 23.0. The van der Waals surface area contributed by atoms with Gasteiger partial charge < -0.3 is 14.3 Å². The number of fused-ring (bicyclic) bond motifs is 1. The number of rotatable bonds is 2. The first kappa shape index (κ1) is 13.4. The van der Waals surface area contributed by atoms with Crippen molar-refractivity contribution in [2.75, 3.05) is 0 Å². The van der Waals surface area contributed by atoms with Gasteiger partial charge in [-0.1, -0.05) is 35.9 Å². The second kappa shape index (κ2) is 5.07. The molecule has 2 aromatic carbocycles. The van der Waals surface area contributed by atoms with Crippen molar-refractivity contribution in [2.24, 2.45) is 0 Å². The number of hydrogen-bond acceptors (Lipinski definition) is 4. The summed E-state index contributed by atoms with van der Waals surface area (Å²) in [5, 5.41) is 11.9. The molecule has 0 fully saturated rings. The Morgan fingerprint density at radius 2 is 1.81 bits per heavy atom. The van der Waals surface area contributed by atoms with Gasteiger partial charge >= 0.3 is 5.63 Å². The van der Waals surface area contributed by atoms with Crippen LogP contribution in [0.4, 0.5) is 0 Å². The first-order valence-electron chi connectivity index (χ1n) is 6.10. The second-order valence-corrected chi connectivity index (χ2v) is 4.87. The number of carboxylic acids is 1. The molecule has 3 aromatic rings. The summed E-state index contributed by atoms with van der Waals surface area (Å²) in [7, 11) is 0. The van der Waals surface area contributed by atoms with Crippen molar-refractivity contribution in [3.8, 4) is 11.1 Å². The highest BCUT2D eigenvalue weighted by atomic mass is 35.5. The Bertz CT molecular complexity index is 912. The largest absolute Gasteiger partial charge is 0.545 e. The van der Waals surface area contributed by atoms with E-state index in [0.717, 1.165) is 5.39 Å². The van der Waals surface area contributed by atoms with Crippen LogP contribution in [0.5, 0.6) is 0 Å². The number of carboxylic acid groups (broad SMARTS) is 1. The van der Waals surface area contributed by atoms with Crippen LogP contribution in [-0.2, 0) is 0 Å². The predicted molar refractivity (Wildman–Crippen MR) is 77.3 cm³/mol. The molecule has 0 amide bonds. The third-order valence-electron chi connectivity index (χ3n) is 3.13. The van der Waals surface area contributed by atoms with Crippen molar-refractivity contribution in [3.05, 3.63) is 69.5 Å². The molecule has 0 unspecified atom stereocenters. The average Bonchev–Trinajstić information content (AvgIpc) is 2.47. The van der Waals surface area contributed by atoms with Crippen LogP contribution in [0.3, 0.4) is 0 Å². The van der Waals surface area contributed by atoms with Gasteiger partial charge in [0.2, 0.25) is 0 Å². The van der Waals surface area contributed by atoms with E-state index in [4.69, 9.17) is 16.0 Å². The SMILES string of the molecule is O=C([O-])c1ccc(Cl)c(-c2cc3ccccc3oc2=O)c1. The molecule has 0 N–H and O–H groups in total. The fourth-order valence-electron chi connectivity index (χ4n) is 2.11. The lowest BCUT2D eigenvalue weighted by atomic mass is 10.0. The zero-order chi connectivity index (χ0) is 15.0. The van der Waals surface area contributed by atoms with Crippen molar-refractivity contribution in [3.63, 3.8) is 0 Å². The Morgan fingerprint density at radius 1 is 1.05 bits per heavy atom. The summed E-state index contributed by atoms with van der Waals surface area (Å²) in [6.45, 7) is 0. The molecule has 0 aliphatic carbocycles. The Hall–Kier alpha value is -2.59. The van der Waals surface area contributed by atoms with Crippen LogP contribution in [-0.4, -0.2) is 5.97 Å². The van der Waals surface area contributed by atoms with Crippen LogP contribution in [0.2, 0.25) is 5.02 Å². The van der Waals surface area contributed by atoms with E-state index in [1.54, 1.807) is 24.3 Å². The Morgan fingerprint density at radius 3 is 2.57 bits per heavy atom. The normalized spacial score (nSPS) is 10.7. The van der Waals surface area contributed by atoms with Crippen molar-refractivity contribution in [1.29, 1.82) is 0 Å². The summed E-state index contributed by atoms with van der Waals surface area (Å²) >= 11 is 6.06. The van der Waals surface area contributed by atoms with Crippen LogP contribution < -0.4 is 10.7 Å². The zero-order valence-corrected chi connectivity index (χ0v) is 11.4. The third-order valence-corrected chi connectivity index (χ3v) is 3.46. The first-order valence-corrected chi connectivity index (χ1v) is 6.48. The lowest BCUT2D eigenvalue weighted by molar-refractivity contribution is -0.255. The van der Waals surface area contributed by atoms with Gasteiger partial charge in [-0.3, -0.25) is 0 Å². The van der Waals surface area contributed by atoms with Crippen molar-refractivity contribution < 1.29 is 14.3 Å². The molecule has 0 spiro atoms. The van der Waals surface area contributed by atoms with Crippen molar-refractivity contribution in [1.82, 2.24) is 0 Å². The lowest BCUT2D eigenvalue weighted by Gasteiger charge is -2.08. The number of carbonyl (C=O) groups excluding carboxylic acids is 1. The molecule has 5 heteroatoms. The molecule has 0 aliphatic heterocycles. The third kappa shape index (κ3) is 2.41. The van der Waals surface area contributed by atoms with E-state index in [1.165, 1.54) is 18.2 Å². The minimum atomic E-state index is -1.34. The Labute approximate surface area is 124 Å². The smallest absolute Gasteiger partial charge is 0.344 e. The molecule has 4 nitrogen and oxygen atoms in total. The summed E-state index contributed by atoms with van der Waals surface area (Å²) in [5.74, 6) is -1.34. The van der Waals surface area contributed by atoms with E-state index < -0.39 is 11.6 Å². The maximum atomic E-state index is 12.1. The molecule has 0 bridgehead atoms. The van der Waals surface area contributed by atoms with Crippen molar-refractivity contribution in [2.45, 2.75) is 0 Å². The highest BCUT2D eigenvalue weighted by Gasteiger charge is 2.12. The topological polar surface area (TPSA) is 70.3 Å². The number of carbonyl (C=O) groups is 1. The van der Waals surface area contributed by atoms with Gasteiger partial charge in [-0.2, -0.15) is 0 Å². The lowest BCUT2D eigenvalue weighted by Crippen LogP contribution is -2.22. The molecule has 3 rings (SSSR count). The second-order valence-electron chi connectivity index (χ2n) is 4.47. The van der Waals surface area contributed by atoms with Gasteiger partial charge in [-0.05, 0) is 29.8 Å². The molecular weight excluding hydrogens is 292 g/mol. The number of hydrogen-bond donors (Lipinski definition) is 0. The van der Waals surface area contributed by atoms with Crippen LogP contribution >= 0.6 is 11.6 Å². The first-order chi connectivity index (χ1) is 10.1.